The molecule has 126 valence electrons. The normalized spacial score (nSPS) is 11.0. The van der Waals surface area contributed by atoms with Crippen LogP contribution in [0.25, 0.3) is 0 Å². The van der Waals surface area contributed by atoms with Crippen molar-refractivity contribution in [2.24, 2.45) is 0 Å². The Kier molecular flexibility index (Phi) is 5.43. The fourth-order valence-electron chi connectivity index (χ4n) is 2.01. The van der Waals surface area contributed by atoms with Crippen molar-refractivity contribution < 1.29 is 14.5 Å². The van der Waals surface area contributed by atoms with E-state index in [1.807, 2.05) is 18.2 Å². The zero-order valence-corrected chi connectivity index (χ0v) is 15.7. The van der Waals surface area contributed by atoms with Crippen molar-refractivity contribution in [2.75, 3.05) is 4.90 Å². The van der Waals surface area contributed by atoms with Gasteiger partial charge in [0.2, 0.25) is 0 Å². The highest BCUT2D eigenvalue weighted by molar-refractivity contribution is 14.1. The molecule has 0 aliphatic heterocycles. The number of nitro benzene ring substituents is 1. The maximum atomic E-state index is 12.7. The van der Waals surface area contributed by atoms with Crippen molar-refractivity contribution in [2.45, 2.75) is 26.4 Å². The molecule has 0 aromatic heterocycles. The first-order chi connectivity index (χ1) is 11.2. The second-order valence-electron chi connectivity index (χ2n) is 6.04. The highest BCUT2D eigenvalue weighted by Crippen LogP contribution is 2.32. The second-order valence-corrected chi connectivity index (χ2v) is 7.20. The van der Waals surface area contributed by atoms with Crippen LogP contribution in [0.1, 0.15) is 20.8 Å². The quantitative estimate of drug-likeness (QED) is 0.370. The molecular weight excluding hydrogens is 423 g/mol. The first-order valence-electron chi connectivity index (χ1n) is 7.21. The molecule has 0 saturated carbocycles. The van der Waals surface area contributed by atoms with Crippen LogP contribution in [0.4, 0.5) is 21.9 Å². The van der Waals surface area contributed by atoms with Gasteiger partial charge >= 0.3 is 6.09 Å². The zero-order chi connectivity index (χ0) is 17.9. The molecule has 0 heterocycles. The van der Waals surface area contributed by atoms with E-state index in [0.717, 1.165) is 3.57 Å². The van der Waals surface area contributed by atoms with E-state index in [9.17, 15) is 14.9 Å². The first kappa shape index (κ1) is 18.2. The van der Waals surface area contributed by atoms with Gasteiger partial charge in [-0.25, -0.2) is 9.69 Å². The summed E-state index contributed by atoms with van der Waals surface area (Å²) in [6, 6.07) is 13.2. The van der Waals surface area contributed by atoms with Crippen LogP contribution < -0.4 is 4.90 Å². The fourth-order valence-corrected chi connectivity index (χ4v) is 2.64. The number of ether oxygens (including phenoxy) is 1. The number of hydrogen-bond donors (Lipinski definition) is 0. The highest BCUT2D eigenvalue weighted by Gasteiger charge is 2.26. The molecule has 0 radical (unpaired) electrons. The molecule has 0 spiro atoms. The Bertz CT molecular complexity index is 754. The number of anilines is 2. The minimum Gasteiger partial charge on any atom is -0.443 e. The molecule has 24 heavy (non-hydrogen) atoms. The van der Waals surface area contributed by atoms with Gasteiger partial charge in [0.1, 0.15) is 5.60 Å². The van der Waals surface area contributed by atoms with Gasteiger partial charge in [0, 0.05) is 15.7 Å². The summed E-state index contributed by atoms with van der Waals surface area (Å²) in [5, 5.41) is 10.8. The van der Waals surface area contributed by atoms with Gasteiger partial charge in [-0.2, -0.15) is 0 Å². The van der Waals surface area contributed by atoms with E-state index in [2.05, 4.69) is 22.6 Å². The minimum atomic E-state index is -0.656. The largest absolute Gasteiger partial charge is 0.443 e. The number of halogens is 1. The molecule has 2 aromatic rings. The van der Waals surface area contributed by atoms with Gasteiger partial charge in [-0.1, -0.05) is 12.1 Å². The van der Waals surface area contributed by atoms with Crippen molar-refractivity contribution >= 4 is 45.7 Å². The SMILES string of the molecule is CC(C)(C)OC(=O)N(c1ccc([N+](=O)[O-])cc1)c1ccccc1I. The summed E-state index contributed by atoms with van der Waals surface area (Å²) in [6.07, 6.45) is -0.541. The molecule has 0 saturated heterocycles. The van der Waals surface area contributed by atoms with Gasteiger partial charge in [0.05, 0.1) is 16.3 Å². The molecule has 6 nitrogen and oxygen atoms in total. The lowest BCUT2D eigenvalue weighted by molar-refractivity contribution is -0.384. The Balaban J connectivity index is 2.48. The topological polar surface area (TPSA) is 72.7 Å². The number of para-hydroxylation sites is 1. The molecule has 0 atom stereocenters. The predicted octanol–water partition coefficient (Wildman–Crippen LogP) is 5.27. The number of non-ortho nitro benzene ring substituents is 1. The Morgan fingerprint density at radius 3 is 2.21 bits per heavy atom. The molecule has 0 aliphatic rings. The fraction of sp³-hybridized carbons (Fsp3) is 0.235. The predicted molar refractivity (Wildman–Crippen MR) is 101 cm³/mol. The Labute approximate surface area is 153 Å². The van der Waals surface area contributed by atoms with Crippen LogP contribution in [0.3, 0.4) is 0 Å². The number of benzene rings is 2. The van der Waals surface area contributed by atoms with Gasteiger partial charge < -0.3 is 4.74 Å². The Morgan fingerprint density at radius 1 is 1.12 bits per heavy atom. The van der Waals surface area contributed by atoms with E-state index in [1.165, 1.54) is 29.2 Å². The maximum Gasteiger partial charge on any atom is 0.419 e. The number of hydrogen-bond acceptors (Lipinski definition) is 4. The van der Waals surface area contributed by atoms with Gasteiger partial charge in [0.15, 0.2) is 0 Å². The average molecular weight is 440 g/mol. The lowest BCUT2D eigenvalue weighted by Gasteiger charge is -2.28. The van der Waals surface area contributed by atoms with Crippen LogP contribution >= 0.6 is 22.6 Å². The number of rotatable bonds is 3. The van der Waals surface area contributed by atoms with Crippen LogP contribution in [0.15, 0.2) is 48.5 Å². The average Bonchev–Trinajstić information content (AvgIpc) is 2.48. The van der Waals surface area contributed by atoms with Crippen LogP contribution in [0.5, 0.6) is 0 Å². The molecular formula is C17H17IN2O4. The van der Waals surface area contributed by atoms with Crippen molar-refractivity contribution in [1.29, 1.82) is 0 Å². The van der Waals surface area contributed by atoms with E-state index in [-0.39, 0.29) is 5.69 Å². The van der Waals surface area contributed by atoms with Gasteiger partial charge in [-0.3, -0.25) is 10.1 Å². The monoisotopic (exact) mass is 440 g/mol. The number of nitrogens with zero attached hydrogens (tertiary/aromatic N) is 2. The second kappa shape index (κ2) is 7.16. The smallest absolute Gasteiger partial charge is 0.419 e. The number of carbonyl (C=O) groups is 1. The lowest BCUT2D eigenvalue weighted by Crippen LogP contribution is -2.34. The van der Waals surface area contributed by atoms with Gasteiger partial charge in [-0.05, 0) is 67.6 Å². The van der Waals surface area contributed by atoms with Gasteiger partial charge in [0.25, 0.3) is 5.69 Å². The molecule has 0 aliphatic carbocycles. The molecule has 0 fully saturated rings. The summed E-state index contributed by atoms with van der Waals surface area (Å²) >= 11 is 2.13. The summed E-state index contributed by atoms with van der Waals surface area (Å²) in [5.74, 6) is 0. The van der Waals surface area contributed by atoms with Crippen LogP contribution in [0, 0.1) is 13.7 Å². The van der Waals surface area contributed by atoms with Crippen LogP contribution in [-0.2, 0) is 4.74 Å². The van der Waals surface area contributed by atoms with E-state index in [1.54, 1.807) is 26.8 Å². The molecule has 2 rings (SSSR count). The van der Waals surface area contributed by atoms with Gasteiger partial charge in [-0.15, -0.1) is 0 Å². The minimum absolute atomic E-state index is 0.0364. The number of amides is 1. The summed E-state index contributed by atoms with van der Waals surface area (Å²) < 4.78 is 6.35. The first-order valence-corrected chi connectivity index (χ1v) is 8.29. The molecule has 7 heteroatoms. The zero-order valence-electron chi connectivity index (χ0n) is 13.5. The highest BCUT2D eigenvalue weighted by atomic mass is 127. The summed E-state index contributed by atoms with van der Waals surface area (Å²) in [6.45, 7) is 5.36. The molecule has 1 amide bonds. The summed E-state index contributed by atoms with van der Waals surface area (Å²) in [5.41, 5.74) is 0.460. The van der Waals surface area contributed by atoms with Crippen molar-refractivity contribution in [3.8, 4) is 0 Å². The molecule has 0 N–H and O–H groups in total. The molecule has 0 bridgehead atoms. The van der Waals surface area contributed by atoms with Crippen LogP contribution in [-0.4, -0.2) is 16.6 Å². The van der Waals surface area contributed by atoms with E-state index < -0.39 is 16.6 Å². The van der Waals surface area contributed by atoms with Crippen molar-refractivity contribution in [3.63, 3.8) is 0 Å². The summed E-state index contributed by atoms with van der Waals surface area (Å²) in [7, 11) is 0. The van der Waals surface area contributed by atoms with Crippen LogP contribution in [0.2, 0.25) is 0 Å². The Morgan fingerprint density at radius 2 is 1.71 bits per heavy atom. The number of carbonyl (C=O) groups excluding carboxylic acids is 1. The standard InChI is InChI=1S/C17H17IN2O4/c1-17(2,3)24-16(21)19(15-7-5-4-6-14(15)18)12-8-10-13(11-9-12)20(22)23/h4-11H,1-3H3. The maximum absolute atomic E-state index is 12.7. The number of nitro groups is 1. The van der Waals surface area contributed by atoms with Crippen molar-refractivity contribution in [1.82, 2.24) is 0 Å². The summed E-state index contributed by atoms with van der Waals surface area (Å²) in [4.78, 5) is 24.5. The third kappa shape index (κ3) is 4.44. The Hall–Kier alpha value is -2.16. The molecule has 2 aromatic carbocycles. The lowest BCUT2D eigenvalue weighted by atomic mass is 10.2. The molecule has 0 unspecified atom stereocenters. The van der Waals surface area contributed by atoms with E-state index >= 15 is 0 Å². The third-order valence-electron chi connectivity index (χ3n) is 2.99. The van der Waals surface area contributed by atoms with Crippen molar-refractivity contribution in [3.05, 3.63) is 62.2 Å². The van der Waals surface area contributed by atoms with E-state index in [0.29, 0.717) is 11.4 Å². The van der Waals surface area contributed by atoms with E-state index in [4.69, 9.17) is 4.74 Å². The third-order valence-corrected chi connectivity index (χ3v) is 3.90.